The maximum atomic E-state index is 12.4. The molecule has 0 bridgehead atoms. The molecular weight excluding hydrogens is 359 g/mol. The predicted molar refractivity (Wildman–Crippen MR) is 75.7 cm³/mol. The number of carboxylic acids is 1. The molecule has 0 heterocycles. The van der Waals surface area contributed by atoms with Crippen LogP contribution < -0.4 is 10.1 Å². The molecule has 112 valence electrons. The van der Waals surface area contributed by atoms with Gasteiger partial charge in [-0.1, -0.05) is 11.6 Å². The molecule has 0 spiro atoms. The summed E-state index contributed by atoms with van der Waals surface area (Å²) in [5, 5.41) is 11.9. The van der Waals surface area contributed by atoms with E-state index in [-0.39, 0.29) is 23.9 Å². The third-order valence-electron chi connectivity index (χ3n) is 2.41. The Hall–Kier alpha value is -1.08. The molecule has 0 saturated carbocycles. The Kier molecular flexibility index (Phi) is 6.48. The van der Waals surface area contributed by atoms with Crippen LogP contribution >= 0.6 is 27.5 Å². The molecule has 8 heteroatoms. The SMILES string of the molecule is CC(CCC(=O)O)Nc1cc(Cl)cc(Br)c1OC(F)F. The van der Waals surface area contributed by atoms with Crippen LogP contribution in [0.5, 0.6) is 5.75 Å². The first kappa shape index (κ1) is 17.0. The molecule has 0 aliphatic rings. The van der Waals surface area contributed by atoms with Crippen LogP contribution in [0.1, 0.15) is 19.8 Å². The quantitative estimate of drug-likeness (QED) is 0.746. The second kappa shape index (κ2) is 7.64. The largest absolute Gasteiger partial charge is 0.481 e. The molecule has 0 fully saturated rings. The van der Waals surface area contributed by atoms with Crippen molar-refractivity contribution in [1.29, 1.82) is 0 Å². The molecule has 1 rings (SSSR count). The summed E-state index contributed by atoms with van der Waals surface area (Å²) in [6.07, 6.45) is 0.314. The Bertz CT molecular complexity index is 488. The number of nitrogens with one attached hydrogen (secondary N) is 1. The molecule has 4 nitrogen and oxygen atoms in total. The summed E-state index contributed by atoms with van der Waals surface area (Å²) >= 11 is 8.96. The topological polar surface area (TPSA) is 58.6 Å². The van der Waals surface area contributed by atoms with Crippen LogP contribution in [0.4, 0.5) is 14.5 Å². The van der Waals surface area contributed by atoms with Crippen molar-refractivity contribution in [2.45, 2.75) is 32.4 Å². The van der Waals surface area contributed by atoms with E-state index in [1.807, 2.05) is 0 Å². The molecule has 1 aromatic rings. The minimum atomic E-state index is -2.97. The second-order valence-electron chi connectivity index (χ2n) is 4.12. The third kappa shape index (κ3) is 5.50. The highest BCUT2D eigenvalue weighted by Gasteiger charge is 2.16. The maximum absolute atomic E-state index is 12.4. The van der Waals surface area contributed by atoms with Crippen molar-refractivity contribution in [3.8, 4) is 5.75 Å². The summed E-state index contributed by atoms with van der Waals surface area (Å²) in [5.74, 6) is -0.985. The first-order chi connectivity index (χ1) is 9.29. The highest BCUT2D eigenvalue weighted by atomic mass is 79.9. The van der Waals surface area contributed by atoms with E-state index in [4.69, 9.17) is 16.7 Å². The number of carboxylic acid groups (broad SMARTS) is 1. The molecule has 0 aliphatic carbocycles. The van der Waals surface area contributed by atoms with Crippen molar-refractivity contribution in [3.05, 3.63) is 21.6 Å². The van der Waals surface area contributed by atoms with Crippen LogP contribution in [0.25, 0.3) is 0 Å². The second-order valence-corrected chi connectivity index (χ2v) is 5.41. The number of alkyl halides is 2. The van der Waals surface area contributed by atoms with Gasteiger partial charge in [0.1, 0.15) is 0 Å². The molecule has 0 amide bonds. The van der Waals surface area contributed by atoms with Crippen LogP contribution in [0.15, 0.2) is 16.6 Å². The van der Waals surface area contributed by atoms with E-state index in [1.54, 1.807) is 6.92 Å². The van der Waals surface area contributed by atoms with Gasteiger partial charge >= 0.3 is 12.6 Å². The maximum Gasteiger partial charge on any atom is 0.387 e. The van der Waals surface area contributed by atoms with Gasteiger partial charge in [-0.05, 0) is 41.4 Å². The number of hydrogen-bond acceptors (Lipinski definition) is 3. The number of rotatable bonds is 7. The van der Waals surface area contributed by atoms with Crippen LogP contribution in [0.2, 0.25) is 5.02 Å². The summed E-state index contributed by atoms with van der Waals surface area (Å²) in [7, 11) is 0. The predicted octanol–water partition coefficient (Wildman–Crippen LogP) is 4.37. The molecule has 0 radical (unpaired) electrons. The summed E-state index contributed by atoms with van der Waals surface area (Å²) in [4.78, 5) is 10.5. The molecular formula is C12H13BrClF2NO3. The van der Waals surface area contributed by atoms with E-state index in [0.29, 0.717) is 15.9 Å². The van der Waals surface area contributed by atoms with Gasteiger partial charge in [-0.3, -0.25) is 4.79 Å². The fraction of sp³-hybridized carbons (Fsp3) is 0.417. The first-order valence-electron chi connectivity index (χ1n) is 5.71. The molecule has 1 atom stereocenters. The van der Waals surface area contributed by atoms with Crippen LogP contribution in [-0.2, 0) is 4.79 Å². The van der Waals surface area contributed by atoms with Crippen molar-refractivity contribution in [2.24, 2.45) is 0 Å². The van der Waals surface area contributed by atoms with Gasteiger partial charge in [-0.2, -0.15) is 8.78 Å². The molecule has 0 aliphatic heterocycles. The zero-order chi connectivity index (χ0) is 15.3. The third-order valence-corrected chi connectivity index (χ3v) is 3.22. The highest BCUT2D eigenvalue weighted by molar-refractivity contribution is 9.10. The van der Waals surface area contributed by atoms with Crippen LogP contribution in [-0.4, -0.2) is 23.7 Å². The van der Waals surface area contributed by atoms with Crippen molar-refractivity contribution >= 4 is 39.2 Å². The van der Waals surface area contributed by atoms with Gasteiger partial charge < -0.3 is 15.2 Å². The number of halogens is 4. The van der Waals surface area contributed by atoms with Crippen LogP contribution in [0.3, 0.4) is 0 Å². The standard InChI is InChI=1S/C12H13BrClF2NO3/c1-6(2-3-10(18)19)17-9-5-7(14)4-8(13)11(9)20-12(15)16/h4-6,12,17H,2-3H2,1H3,(H,18,19). The zero-order valence-electron chi connectivity index (χ0n) is 10.5. The average Bonchev–Trinajstić information content (AvgIpc) is 2.30. The summed E-state index contributed by atoms with van der Waals surface area (Å²) in [5.41, 5.74) is 0.280. The lowest BCUT2D eigenvalue weighted by atomic mass is 10.1. The molecule has 1 aromatic carbocycles. The Balaban J connectivity index is 2.88. The van der Waals surface area contributed by atoms with E-state index in [0.717, 1.165) is 0 Å². The summed E-state index contributed by atoms with van der Waals surface area (Å²) < 4.78 is 29.5. The van der Waals surface area contributed by atoms with Gasteiger partial charge in [-0.25, -0.2) is 0 Å². The Morgan fingerprint density at radius 2 is 2.20 bits per heavy atom. The number of ether oxygens (including phenoxy) is 1. The van der Waals surface area contributed by atoms with Crippen molar-refractivity contribution < 1.29 is 23.4 Å². The van der Waals surface area contributed by atoms with E-state index >= 15 is 0 Å². The molecule has 20 heavy (non-hydrogen) atoms. The van der Waals surface area contributed by atoms with Crippen molar-refractivity contribution in [2.75, 3.05) is 5.32 Å². The minimum absolute atomic E-state index is 0.0268. The number of anilines is 1. The smallest absolute Gasteiger partial charge is 0.387 e. The Morgan fingerprint density at radius 3 is 2.75 bits per heavy atom. The number of carbonyl (C=O) groups is 1. The monoisotopic (exact) mass is 371 g/mol. The molecule has 0 saturated heterocycles. The van der Waals surface area contributed by atoms with Crippen molar-refractivity contribution in [3.63, 3.8) is 0 Å². The fourth-order valence-corrected chi connectivity index (χ4v) is 2.46. The number of aliphatic carboxylic acids is 1. The van der Waals surface area contributed by atoms with Gasteiger partial charge in [0.15, 0.2) is 5.75 Å². The van der Waals surface area contributed by atoms with Gasteiger partial charge in [0, 0.05) is 17.5 Å². The highest BCUT2D eigenvalue weighted by Crippen LogP contribution is 2.38. The van der Waals surface area contributed by atoms with Crippen LogP contribution in [0, 0.1) is 0 Å². The van der Waals surface area contributed by atoms with Gasteiger partial charge in [0.25, 0.3) is 0 Å². The Labute approximate surface area is 128 Å². The van der Waals surface area contributed by atoms with E-state index in [9.17, 15) is 13.6 Å². The molecule has 1 unspecified atom stereocenters. The van der Waals surface area contributed by atoms with E-state index in [2.05, 4.69) is 26.0 Å². The first-order valence-corrected chi connectivity index (χ1v) is 6.89. The number of benzene rings is 1. The number of hydrogen-bond donors (Lipinski definition) is 2. The molecule has 2 N–H and O–H groups in total. The van der Waals surface area contributed by atoms with Gasteiger partial charge in [0.05, 0.1) is 10.2 Å². The lowest BCUT2D eigenvalue weighted by Gasteiger charge is -2.19. The van der Waals surface area contributed by atoms with Gasteiger partial charge in [0.2, 0.25) is 0 Å². The molecule has 0 aromatic heterocycles. The lowest BCUT2D eigenvalue weighted by Crippen LogP contribution is -2.18. The van der Waals surface area contributed by atoms with E-state index in [1.165, 1.54) is 12.1 Å². The van der Waals surface area contributed by atoms with Gasteiger partial charge in [-0.15, -0.1) is 0 Å². The van der Waals surface area contributed by atoms with Crippen molar-refractivity contribution in [1.82, 2.24) is 0 Å². The normalized spacial score (nSPS) is 12.3. The van der Waals surface area contributed by atoms with E-state index < -0.39 is 12.6 Å². The summed E-state index contributed by atoms with van der Waals surface area (Å²) in [6, 6.07) is 2.64. The fourth-order valence-electron chi connectivity index (χ4n) is 1.55. The lowest BCUT2D eigenvalue weighted by molar-refractivity contribution is -0.137. The average molecular weight is 373 g/mol. The minimum Gasteiger partial charge on any atom is -0.481 e. The Morgan fingerprint density at radius 1 is 1.55 bits per heavy atom. The summed E-state index contributed by atoms with van der Waals surface area (Å²) in [6.45, 7) is -1.23. The zero-order valence-corrected chi connectivity index (χ0v) is 12.8.